The Labute approximate surface area is 156 Å². The van der Waals surface area contributed by atoms with E-state index in [9.17, 15) is 17.8 Å². The van der Waals surface area contributed by atoms with E-state index in [-0.39, 0.29) is 11.5 Å². The molecule has 0 saturated heterocycles. The van der Waals surface area contributed by atoms with Crippen LogP contribution in [0.25, 0.3) is 0 Å². The highest BCUT2D eigenvalue weighted by molar-refractivity contribution is 7.87. The van der Waals surface area contributed by atoms with Gasteiger partial charge in [0.25, 0.3) is 10.1 Å². The molecule has 0 bridgehead atoms. The van der Waals surface area contributed by atoms with Gasteiger partial charge in [0.1, 0.15) is 10.8 Å². The Morgan fingerprint density at radius 3 is 2.08 bits per heavy atom. The molecular formula is C18H29N3O4S. The molecule has 0 saturated carbocycles. The monoisotopic (exact) mass is 383 g/mol. The fraction of sp³-hybridized carbons (Fsp3) is 0.556. The zero-order valence-corrected chi connectivity index (χ0v) is 17.3. The van der Waals surface area contributed by atoms with Crippen LogP contribution in [0.3, 0.4) is 0 Å². The first-order chi connectivity index (χ1) is 11.8. The van der Waals surface area contributed by atoms with Gasteiger partial charge in [0.05, 0.1) is 5.70 Å². The summed E-state index contributed by atoms with van der Waals surface area (Å²) < 4.78 is 32.4. The Bertz CT molecular complexity index is 763. The summed E-state index contributed by atoms with van der Waals surface area (Å²) in [6.07, 6.45) is 4.80. The first-order valence-corrected chi connectivity index (χ1v) is 9.59. The number of aliphatic imine (C=N–C) groups is 1. The van der Waals surface area contributed by atoms with Crippen molar-refractivity contribution in [3.8, 4) is 0 Å². The summed E-state index contributed by atoms with van der Waals surface area (Å²) in [5, 5.41) is 7.76. The lowest BCUT2D eigenvalue weighted by atomic mass is 9.87. The molecular weight excluding hydrogens is 354 g/mol. The third-order valence-corrected chi connectivity index (χ3v) is 5.99. The summed E-state index contributed by atoms with van der Waals surface area (Å²) in [5.74, 6) is -0.703. The second-order valence-electron chi connectivity index (χ2n) is 6.55. The molecule has 8 heteroatoms. The van der Waals surface area contributed by atoms with Crippen LogP contribution in [0, 0.1) is 5.92 Å². The number of rotatable bonds is 9. The second kappa shape index (κ2) is 9.68. The van der Waals surface area contributed by atoms with E-state index < -0.39 is 26.8 Å². The summed E-state index contributed by atoms with van der Waals surface area (Å²) >= 11 is 0. The van der Waals surface area contributed by atoms with Crippen LogP contribution in [0.2, 0.25) is 0 Å². The number of allylic oxidation sites excluding steroid dienone is 5. The third-order valence-electron chi connectivity index (χ3n) is 4.41. The molecule has 0 spiro atoms. The zero-order valence-electron chi connectivity index (χ0n) is 16.5. The predicted molar refractivity (Wildman–Crippen MR) is 105 cm³/mol. The largest absolute Gasteiger partial charge is 0.298 e. The standard InChI is InChI=1S/C18H29N3O4S/c1-12(9-10-13(2)19-8)15(4)18(7,26(23,24)25)11-14(3)20-21-16(5)17(6)22/h9-11,15-16H,8H2,1-7H3,(H,23,24,25)/b12-9+,13-10+,14-11+,21-20?. The molecule has 0 radical (unpaired) electrons. The number of hydrogen-bond acceptors (Lipinski definition) is 6. The van der Waals surface area contributed by atoms with E-state index >= 15 is 0 Å². The molecule has 0 aliphatic rings. The lowest BCUT2D eigenvalue weighted by molar-refractivity contribution is -0.117. The SMILES string of the molecule is C=N/C(C)=C/C=C(\C)C(C)C(C)(/C=C(\C)N=NC(C)C(C)=O)S(=O)(=O)O. The predicted octanol–water partition coefficient (Wildman–Crippen LogP) is 4.15. The van der Waals surface area contributed by atoms with Gasteiger partial charge in [0.2, 0.25) is 0 Å². The van der Waals surface area contributed by atoms with Gasteiger partial charge in [-0.15, -0.1) is 0 Å². The maximum atomic E-state index is 12.1. The molecule has 0 fully saturated rings. The first kappa shape index (κ1) is 24.1. The molecule has 0 aliphatic heterocycles. The normalized spacial score (nSPS) is 19.2. The summed E-state index contributed by atoms with van der Waals surface area (Å²) in [6.45, 7) is 14.6. The molecule has 146 valence electrons. The van der Waals surface area contributed by atoms with Crippen molar-refractivity contribution in [2.45, 2.75) is 59.3 Å². The number of hydrogen-bond donors (Lipinski definition) is 1. The molecule has 7 nitrogen and oxygen atoms in total. The van der Waals surface area contributed by atoms with Gasteiger partial charge in [-0.3, -0.25) is 14.3 Å². The van der Waals surface area contributed by atoms with Gasteiger partial charge in [-0.25, -0.2) is 0 Å². The Hall–Kier alpha value is -1.93. The van der Waals surface area contributed by atoms with Crippen molar-refractivity contribution in [3.05, 3.63) is 35.2 Å². The number of carbonyl (C=O) groups is 1. The molecule has 1 N–H and O–H groups in total. The maximum Gasteiger partial charge on any atom is 0.274 e. The van der Waals surface area contributed by atoms with Gasteiger partial charge in [0.15, 0.2) is 5.78 Å². The smallest absolute Gasteiger partial charge is 0.274 e. The van der Waals surface area contributed by atoms with Gasteiger partial charge in [-0.2, -0.15) is 18.6 Å². The Balaban J connectivity index is 5.97. The topological polar surface area (TPSA) is 109 Å². The average Bonchev–Trinajstić information content (AvgIpc) is 2.54. The number of carbonyl (C=O) groups excluding carboxylic acids is 1. The second-order valence-corrected chi connectivity index (χ2v) is 8.38. The van der Waals surface area contributed by atoms with E-state index in [0.717, 1.165) is 5.57 Å². The molecule has 3 atom stereocenters. The highest BCUT2D eigenvalue weighted by Gasteiger charge is 2.42. The van der Waals surface area contributed by atoms with E-state index in [2.05, 4.69) is 21.9 Å². The van der Waals surface area contributed by atoms with Crippen molar-refractivity contribution in [1.82, 2.24) is 0 Å². The van der Waals surface area contributed by atoms with E-state index in [1.54, 1.807) is 46.8 Å². The Kier molecular flexibility index (Phi) is 8.96. The van der Waals surface area contributed by atoms with Crippen LogP contribution >= 0.6 is 0 Å². The maximum absolute atomic E-state index is 12.1. The molecule has 0 aliphatic carbocycles. The van der Waals surface area contributed by atoms with Crippen LogP contribution in [0.1, 0.15) is 48.5 Å². The van der Waals surface area contributed by atoms with Crippen molar-refractivity contribution in [3.63, 3.8) is 0 Å². The van der Waals surface area contributed by atoms with Gasteiger partial charge < -0.3 is 0 Å². The van der Waals surface area contributed by atoms with E-state index in [0.29, 0.717) is 5.70 Å². The number of Topliss-reactive ketones (excluding diaryl/α,β-unsaturated/α-hetero) is 1. The minimum absolute atomic E-state index is 0.149. The molecule has 0 aromatic carbocycles. The number of nitrogens with zero attached hydrogens (tertiary/aromatic N) is 3. The molecule has 0 rings (SSSR count). The molecule has 26 heavy (non-hydrogen) atoms. The van der Waals surface area contributed by atoms with E-state index in [4.69, 9.17) is 0 Å². The van der Waals surface area contributed by atoms with Gasteiger partial charge in [-0.05, 0) is 60.4 Å². The molecule has 3 unspecified atom stereocenters. The number of azo groups is 1. The van der Waals surface area contributed by atoms with Crippen LogP contribution < -0.4 is 0 Å². The van der Waals surface area contributed by atoms with Crippen molar-refractivity contribution < 1.29 is 17.8 Å². The summed E-state index contributed by atoms with van der Waals surface area (Å²) in [6, 6.07) is -0.617. The van der Waals surface area contributed by atoms with Crippen molar-refractivity contribution in [2.24, 2.45) is 21.1 Å². The van der Waals surface area contributed by atoms with Gasteiger partial charge in [0, 0.05) is 11.6 Å². The van der Waals surface area contributed by atoms with Crippen molar-refractivity contribution in [1.29, 1.82) is 0 Å². The number of ketones is 1. The summed E-state index contributed by atoms with van der Waals surface area (Å²) in [5.41, 5.74) is 1.70. The lowest BCUT2D eigenvalue weighted by Gasteiger charge is -2.30. The fourth-order valence-corrected chi connectivity index (χ4v) is 2.98. The fourth-order valence-electron chi connectivity index (χ4n) is 2.03. The highest BCUT2D eigenvalue weighted by atomic mass is 32.2. The summed E-state index contributed by atoms with van der Waals surface area (Å²) in [7, 11) is -4.45. The average molecular weight is 384 g/mol. The highest BCUT2D eigenvalue weighted by Crippen LogP contribution is 2.34. The molecule has 0 aromatic rings. The zero-order chi connectivity index (χ0) is 20.7. The van der Waals surface area contributed by atoms with Gasteiger partial charge >= 0.3 is 0 Å². The van der Waals surface area contributed by atoms with Crippen LogP contribution in [0.15, 0.2) is 50.4 Å². The Morgan fingerprint density at radius 2 is 1.65 bits per heavy atom. The molecule has 0 amide bonds. The van der Waals surface area contributed by atoms with Crippen LogP contribution in [0.5, 0.6) is 0 Å². The Morgan fingerprint density at radius 1 is 1.12 bits per heavy atom. The minimum atomic E-state index is -4.45. The molecule has 0 heterocycles. The first-order valence-electron chi connectivity index (χ1n) is 8.15. The van der Waals surface area contributed by atoms with Crippen LogP contribution in [-0.4, -0.2) is 36.3 Å². The molecule has 0 aromatic heterocycles. The third kappa shape index (κ3) is 6.76. The van der Waals surface area contributed by atoms with E-state index in [1.807, 2.05) is 0 Å². The van der Waals surface area contributed by atoms with Gasteiger partial charge in [-0.1, -0.05) is 18.6 Å². The van der Waals surface area contributed by atoms with Crippen LogP contribution in [0.4, 0.5) is 0 Å². The quantitative estimate of drug-likeness (QED) is 0.279. The van der Waals surface area contributed by atoms with Crippen molar-refractivity contribution in [2.75, 3.05) is 0 Å². The van der Waals surface area contributed by atoms with Crippen LogP contribution in [-0.2, 0) is 14.9 Å². The lowest BCUT2D eigenvalue weighted by Crippen LogP contribution is -2.40. The minimum Gasteiger partial charge on any atom is -0.298 e. The van der Waals surface area contributed by atoms with Crippen molar-refractivity contribution >= 4 is 22.6 Å². The summed E-state index contributed by atoms with van der Waals surface area (Å²) in [4.78, 5) is 15.0. The van der Waals surface area contributed by atoms with E-state index in [1.165, 1.54) is 19.9 Å².